The molecule has 32 heavy (non-hydrogen) atoms. The van der Waals surface area contributed by atoms with Crippen LogP contribution in [0.2, 0.25) is 5.02 Å². The monoisotopic (exact) mass is 455 g/mol. The van der Waals surface area contributed by atoms with Gasteiger partial charge in [0.1, 0.15) is 17.1 Å². The molecule has 1 saturated carbocycles. The number of rotatable bonds is 5. The van der Waals surface area contributed by atoms with Gasteiger partial charge < -0.3 is 19.8 Å². The molecule has 0 saturated heterocycles. The van der Waals surface area contributed by atoms with Crippen molar-refractivity contribution in [1.29, 1.82) is 0 Å². The molecule has 166 valence electrons. The van der Waals surface area contributed by atoms with E-state index in [2.05, 4.69) is 15.6 Å². The Balaban J connectivity index is 1.54. The molecule has 0 atom stereocenters. The van der Waals surface area contributed by atoms with Crippen LogP contribution < -0.4 is 10.6 Å². The van der Waals surface area contributed by atoms with Crippen LogP contribution in [0.5, 0.6) is 0 Å². The Kier molecular flexibility index (Phi) is 6.41. The molecule has 0 spiro atoms. The van der Waals surface area contributed by atoms with Crippen LogP contribution in [-0.4, -0.2) is 29.9 Å². The molecule has 0 aliphatic heterocycles. The third-order valence-corrected chi connectivity index (χ3v) is 5.87. The van der Waals surface area contributed by atoms with Crippen LogP contribution in [0, 0.1) is 11.8 Å². The van der Waals surface area contributed by atoms with Crippen LogP contribution in [-0.2, 0) is 14.3 Å². The molecule has 0 radical (unpaired) electrons. The Morgan fingerprint density at radius 3 is 2.44 bits per heavy atom. The van der Waals surface area contributed by atoms with Crippen LogP contribution in [0.4, 0.5) is 11.5 Å². The van der Waals surface area contributed by atoms with E-state index in [1.165, 1.54) is 13.3 Å². The summed E-state index contributed by atoms with van der Waals surface area (Å²) in [6, 6.07) is 10.3. The summed E-state index contributed by atoms with van der Waals surface area (Å²) in [6.07, 6.45) is 3.73. The van der Waals surface area contributed by atoms with Gasteiger partial charge in [0.15, 0.2) is 0 Å². The van der Waals surface area contributed by atoms with Gasteiger partial charge in [0, 0.05) is 17.5 Å². The van der Waals surface area contributed by atoms with Crippen LogP contribution in [0.25, 0.3) is 11.0 Å². The molecule has 1 aromatic carbocycles. The van der Waals surface area contributed by atoms with Crippen LogP contribution in [0.3, 0.4) is 0 Å². The van der Waals surface area contributed by atoms with Gasteiger partial charge in [-0.3, -0.25) is 14.4 Å². The van der Waals surface area contributed by atoms with Crippen molar-refractivity contribution in [1.82, 2.24) is 4.98 Å². The van der Waals surface area contributed by atoms with E-state index in [-0.39, 0.29) is 29.5 Å². The van der Waals surface area contributed by atoms with E-state index in [0.717, 1.165) is 0 Å². The molecule has 4 rings (SSSR count). The zero-order chi connectivity index (χ0) is 22.7. The number of esters is 1. The van der Waals surface area contributed by atoms with Gasteiger partial charge in [-0.25, -0.2) is 4.98 Å². The molecular formula is C23H22ClN3O5. The second-order valence-corrected chi connectivity index (χ2v) is 8.12. The number of amides is 2. The number of furan rings is 1. The average Bonchev–Trinajstić information content (AvgIpc) is 3.18. The number of para-hydroxylation sites is 1. The second-order valence-electron chi connectivity index (χ2n) is 7.68. The minimum absolute atomic E-state index is 0.0143. The van der Waals surface area contributed by atoms with Crippen molar-refractivity contribution in [2.45, 2.75) is 25.7 Å². The van der Waals surface area contributed by atoms with E-state index in [0.29, 0.717) is 53.2 Å². The zero-order valence-electron chi connectivity index (χ0n) is 17.4. The lowest BCUT2D eigenvalue weighted by molar-refractivity contribution is -0.147. The lowest BCUT2D eigenvalue weighted by Crippen LogP contribution is -2.30. The Bertz CT molecular complexity index is 1150. The number of nitrogens with zero attached hydrogens (tertiary/aromatic N) is 1. The molecule has 2 heterocycles. The largest absolute Gasteiger partial charge is 0.469 e. The molecule has 0 bridgehead atoms. The maximum atomic E-state index is 13.0. The van der Waals surface area contributed by atoms with E-state index in [4.69, 9.17) is 20.8 Å². The first-order chi connectivity index (χ1) is 15.5. The smallest absolute Gasteiger partial charge is 0.308 e. The first-order valence-corrected chi connectivity index (χ1v) is 10.7. The van der Waals surface area contributed by atoms with E-state index in [9.17, 15) is 14.4 Å². The number of carbonyl (C=O) groups excluding carboxylic acids is 3. The topological polar surface area (TPSA) is 111 Å². The highest BCUT2D eigenvalue weighted by Gasteiger charge is 2.32. The number of hydrogen-bond donors (Lipinski definition) is 2. The summed E-state index contributed by atoms with van der Waals surface area (Å²) in [7, 11) is 1.37. The second kappa shape index (κ2) is 9.40. The molecule has 3 aromatic rings. The predicted molar refractivity (Wildman–Crippen MR) is 120 cm³/mol. The maximum Gasteiger partial charge on any atom is 0.308 e. The van der Waals surface area contributed by atoms with Crippen LogP contribution in [0.1, 0.15) is 36.2 Å². The Morgan fingerprint density at radius 2 is 1.75 bits per heavy atom. The summed E-state index contributed by atoms with van der Waals surface area (Å²) >= 11 is 5.84. The molecule has 9 heteroatoms. The van der Waals surface area contributed by atoms with Crippen LogP contribution >= 0.6 is 11.6 Å². The van der Waals surface area contributed by atoms with Gasteiger partial charge in [-0.05, 0) is 49.9 Å². The summed E-state index contributed by atoms with van der Waals surface area (Å²) in [4.78, 5) is 41.7. The van der Waals surface area contributed by atoms with Crippen LogP contribution in [0.15, 0.2) is 47.0 Å². The highest BCUT2D eigenvalue weighted by molar-refractivity contribution is 6.30. The highest BCUT2D eigenvalue weighted by atomic mass is 35.5. The SMILES string of the molecule is COC(=O)[C@H]1CC[C@H](C(=O)Nc2c(C(=O)Nc3ccc(Cl)cn3)oc3ccccc23)CC1. The maximum absolute atomic E-state index is 13.0. The minimum atomic E-state index is -0.541. The highest BCUT2D eigenvalue weighted by Crippen LogP contribution is 2.34. The molecule has 8 nitrogen and oxygen atoms in total. The summed E-state index contributed by atoms with van der Waals surface area (Å²) in [5.74, 6) is -1.14. The Labute approximate surface area is 189 Å². The minimum Gasteiger partial charge on any atom is -0.469 e. The van der Waals surface area contributed by atoms with Gasteiger partial charge in [0.2, 0.25) is 11.7 Å². The third kappa shape index (κ3) is 4.60. The number of methoxy groups -OCH3 is 1. The number of fused-ring (bicyclic) bond motifs is 1. The number of carbonyl (C=O) groups is 3. The zero-order valence-corrected chi connectivity index (χ0v) is 18.1. The number of halogens is 1. The third-order valence-electron chi connectivity index (χ3n) is 5.65. The molecule has 2 amide bonds. The summed E-state index contributed by atoms with van der Waals surface area (Å²) < 4.78 is 10.6. The van der Waals surface area contributed by atoms with E-state index < -0.39 is 5.91 Å². The molecule has 0 unspecified atom stereocenters. The van der Waals surface area contributed by atoms with Crippen molar-refractivity contribution in [3.05, 3.63) is 53.4 Å². The van der Waals surface area contributed by atoms with Crippen molar-refractivity contribution in [3.63, 3.8) is 0 Å². The van der Waals surface area contributed by atoms with Crippen molar-refractivity contribution in [2.75, 3.05) is 17.7 Å². The van der Waals surface area contributed by atoms with Crippen molar-refractivity contribution >= 4 is 51.9 Å². The van der Waals surface area contributed by atoms with Crippen molar-refractivity contribution < 1.29 is 23.5 Å². The quantitative estimate of drug-likeness (QED) is 0.542. The van der Waals surface area contributed by atoms with Gasteiger partial charge in [0.05, 0.1) is 18.1 Å². The van der Waals surface area contributed by atoms with E-state index in [1.807, 2.05) is 0 Å². The molecule has 1 fully saturated rings. The summed E-state index contributed by atoms with van der Waals surface area (Å²) in [5, 5.41) is 6.61. The molecule has 1 aliphatic rings. The molecule has 2 N–H and O–H groups in total. The molecule has 2 aromatic heterocycles. The first kappa shape index (κ1) is 21.8. The lowest BCUT2D eigenvalue weighted by Gasteiger charge is -2.26. The molecule has 1 aliphatic carbocycles. The summed E-state index contributed by atoms with van der Waals surface area (Å²) in [5.41, 5.74) is 0.790. The van der Waals surface area contributed by atoms with E-state index >= 15 is 0 Å². The van der Waals surface area contributed by atoms with Gasteiger partial charge in [-0.1, -0.05) is 23.7 Å². The number of hydrogen-bond acceptors (Lipinski definition) is 6. The number of pyridine rings is 1. The van der Waals surface area contributed by atoms with Crippen molar-refractivity contribution in [2.24, 2.45) is 11.8 Å². The first-order valence-electron chi connectivity index (χ1n) is 10.3. The fourth-order valence-corrected chi connectivity index (χ4v) is 4.05. The fraction of sp³-hybridized carbons (Fsp3) is 0.304. The number of nitrogens with one attached hydrogen (secondary N) is 2. The standard InChI is InChI=1S/C23H22ClN3O5/c1-31-23(30)14-8-6-13(7-9-14)21(28)27-19-16-4-2-3-5-17(16)32-20(19)22(29)26-18-11-10-15(24)12-25-18/h2-5,10-14H,6-9H2,1H3,(H,27,28)(H,25,26,29)/t13-,14-. The Morgan fingerprint density at radius 1 is 1.03 bits per heavy atom. The lowest BCUT2D eigenvalue weighted by atomic mass is 9.81. The normalized spacial score (nSPS) is 18.2. The van der Waals surface area contributed by atoms with E-state index in [1.54, 1.807) is 36.4 Å². The van der Waals surface area contributed by atoms with Crippen molar-refractivity contribution in [3.8, 4) is 0 Å². The average molecular weight is 456 g/mol. The fourth-order valence-electron chi connectivity index (χ4n) is 3.94. The number of ether oxygens (including phenoxy) is 1. The predicted octanol–water partition coefficient (Wildman–Crippen LogP) is 4.65. The number of benzene rings is 1. The Hall–Kier alpha value is -3.39. The number of anilines is 2. The summed E-state index contributed by atoms with van der Waals surface area (Å²) in [6.45, 7) is 0. The van der Waals surface area contributed by atoms with Gasteiger partial charge in [-0.15, -0.1) is 0 Å². The van der Waals surface area contributed by atoms with Gasteiger partial charge in [0.25, 0.3) is 5.91 Å². The van der Waals surface area contributed by atoms with Gasteiger partial charge >= 0.3 is 5.97 Å². The van der Waals surface area contributed by atoms with Gasteiger partial charge in [-0.2, -0.15) is 0 Å². The number of aromatic nitrogens is 1. The molecular weight excluding hydrogens is 434 g/mol.